The number of anilines is 1. The molecule has 2 aliphatic rings. The normalized spacial score (nSPS) is 31.2. The molecule has 0 saturated heterocycles. The van der Waals surface area contributed by atoms with E-state index in [0.717, 1.165) is 19.3 Å². The Labute approximate surface area is 116 Å². The maximum Gasteiger partial charge on any atom is 0.307 e. The molecule has 4 atom stereocenters. The molecule has 0 aliphatic heterocycles. The molecule has 2 bridgehead atoms. The second-order valence-corrected chi connectivity index (χ2v) is 5.72. The third kappa shape index (κ3) is 2.17. The van der Waals surface area contributed by atoms with E-state index in [1.165, 1.54) is 24.3 Å². The van der Waals surface area contributed by atoms with E-state index < -0.39 is 17.8 Å². The van der Waals surface area contributed by atoms with Crippen molar-refractivity contribution in [2.24, 2.45) is 23.7 Å². The average Bonchev–Trinajstić information content (AvgIpc) is 3.01. The zero-order valence-corrected chi connectivity index (χ0v) is 10.9. The maximum absolute atomic E-state index is 12.8. The topological polar surface area (TPSA) is 66.4 Å². The molecule has 1 amide bonds. The third-order valence-electron chi connectivity index (χ3n) is 4.62. The van der Waals surface area contributed by atoms with Crippen molar-refractivity contribution >= 4 is 17.6 Å². The molecule has 1 aromatic rings. The lowest BCUT2D eigenvalue weighted by Crippen LogP contribution is -2.37. The van der Waals surface area contributed by atoms with Crippen LogP contribution in [0.25, 0.3) is 0 Å². The van der Waals surface area contributed by atoms with Gasteiger partial charge in [-0.15, -0.1) is 0 Å². The van der Waals surface area contributed by atoms with Crippen molar-refractivity contribution in [3.05, 3.63) is 30.1 Å². The summed E-state index contributed by atoms with van der Waals surface area (Å²) in [5.74, 6) is -2.24. The van der Waals surface area contributed by atoms with Gasteiger partial charge >= 0.3 is 5.97 Å². The first-order chi connectivity index (χ1) is 9.56. The molecule has 0 unspecified atom stereocenters. The molecule has 5 heteroatoms. The molecule has 20 heavy (non-hydrogen) atoms. The number of nitrogens with one attached hydrogen (secondary N) is 1. The van der Waals surface area contributed by atoms with Gasteiger partial charge in [-0.1, -0.05) is 0 Å². The number of carboxylic acid groups (broad SMARTS) is 1. The number of fused-ring (bicyclic) bond motifs is 2. The largest absolute Gasteiger partial charge is 0.481 e. The van der Waals surface area contributed by atoms with Crippen LogP contribution < -0.4 is 5.32 Å². The fraction of sp³-hybridized carbons (Fsp3) is 0.467. The minimum atomic E-state index is -0.878. The van der Waals surface area contributed by atoms with Gasteiger partial charge in [-0.05, 0) is 55.4 Å². The lowest BCUT2D eigenvalue weighted by atomic mass is 9.78. The molecule has 2 saturated carbocycles. The molecule has 0 heterocycles. The van der Waals surface area contributed by atoms with E-state index in [1.54, 1.807) is 0 Å². The van der Waals surface area contributed by atoms with Gasteiger partial charge in [0.05, 0.1) is 11.8 Å². The Morgan fingerprint density at radius 1 is 1.10 bits per heavy atom. The van der Waals surface area contributed by atoms with E-state index in [1.807, 2.05) is 0 Å². The van der Waals surface area contributed by atoms with Gasteiger partial charge in [0.2, 0.25) is 5.91 Å². The van der Waals surface area contributed by atoms with Gasteiger partial charge in [0.15, 0.2) is 0 Å². The Morgan fingerprint density at radius 2 is 1.70 bits per heavy atom. The molecule has 106 valence electrons. The monoisotopic (exact) mass is 277 g/mol. The summed E-state index contributed by atoms with van der Waals surface area (Å²) in [6.07, 6.45) is 2.66. The summed E-state index contributed by atoms with van der Waals surface area (Å²) in [5, 5.41) is 12.0. The highest BCUT2D eigenvalue weighted by atomic mass is 19.1. The lowest BCUT2D eigenvalue weighted by molar-refractivity contribution is -0.148. The van der Waals surface area contributed by atoms with Gasteiger partial charge < -0.3 is 10.4 Å². The molecule has 3 rings (SSSR count). The standard InChI is InChI=1S/C15H16FNO3/c16-10-3-5-11(6-4-10)17-14(18)12-8-1-2-9(7-8)13(12)15(19)20/h3-6,8-9,12-13H,1-2,7H2,(H,17,18)(H,19,20)/t8-,9-,12-,13+/m0/s1. The highest BCUT2D eigenvalue weighted by molar-refractivity contribution is 5.95. The molecule has 0 radical (unpaired) electrons. The van der Waals surface area contributed by atoms with Crippen LogP contribution in [0.15, 0.2) is 24.3 Å². The zero-order valence-electron chi connectivity index (χ0n) is 10.9. The summed E-state index contributed by atoms with van der Waals surface area (Å²) in [6, 6.07) is 5.50. The van der Waals surface area contributed by atoms with E-state index in [-0.39, 0.29) is 23.6 Å². The summed E-state index contributed by atoms with van der Waals surface area (Å²) in [6.45, 7) is 0. The van der Waals surface area contributed by atoms with Crippen LogP contribution in [0.1, 0.15) is 19.3 Å². The molecule has 2 aliphatic carbocycles. The van der Waals surface area contributed by atoms with Crippen molar-refractivity contribution in [3.8, 4) is 0 Å². The van der Waals surface area contributed by atoms with Crippen LogP contribution in [0.5, 0.6) is 0 Å². The number of amides is 1. The fourth-order valence-electron chi connectivity index (χ4n) is 3.78. The molecule has 0 spiro atoms. The van der Waals surface area contributed by atoms with Crippen LogP contribution in [-0.4, -0.2) is 17.0 Å². The van der Waals surface area contributed by atoms with Gasteiger partial charge in [-0.25, -0.2) is 4.39 Å². The van der Waals surface area contributed by atoms with E-state index >= 15 is 0 Å². The Kier molecular flexibility index (Phi) is 3.20. The number of halogens is 1. The maximum atomic E-state index is 12.8. The first kappa shape index (κ1) is 13.1. The van der Waals surface area contributed by atoms with Crippen molar-refractivity contribution in [1.29, 1.82) is 0 Å². The molecular weight excluding hydrogens is 261 g/mol. The third-order valence-corrected chi connectivity index (χ3v) is 4.62. The predicted molar refractivity (Wildman–Crippen MR) is 70.5 cm³/mol. The van der Waals surface area contributed by atoms with Crippen LogP contribution in [0, 0.1) is 29.5 Å². The van der Waals surface area contributed by atoms with E-state index in [0.29, 0.717) is 5.69 Å². The molecule has 1 aromatic carbocycles. The molecular formula is C15H16FNO3. The zero-order chi connectivity index (χ0) is 14.3. The van der Waals surface area contributed by atoms with Crippen LogP contribution in [-0.2, 0) is 9.59 Å². The number of hydrogen-bond donors (Lipinski definition) is 2. The van der Waals surface area contributed by atoms with Crippen LogP contribution in [0.2, 0.25) is 0 Å². The van der Waals surface area contributed by atoms with Crippen LogP contribution in [0.3, 0.4) is 0 Å². The Hall–Kier alpha value is -1.91. The Morgan fingerprint density at radius 3 is 2.30 bits per heavy atom. The number of aliphatic carboxylic acids is 1. The summed E-state index contributed by atoms with van der Waals surface area (Å²) >= 11 is 0. The number of hydrogen-bond acceptors (Lipinski definition) is 2. The van der Waals surface area contributed by atoms with Gasteiger partial charge in [-0.2, -0.15) is 0 Å². The first-order valence-electron chi connectivity index (χ1n) is 6.85. The average molecular weight is 277 g/mol. The minimum Gasteiger partial charge on any atom is -0.481 e. The Balaban J connectivity index is 1.76. The van der Waals surface area contributed by atoms with E-state index in [2.05, 4.69) is 5.32 Å². The summed E-state index contributed by atoms with van der Waals surface area (Å²) in [4.78, 5) is 23.7. The van der Waals surface area contributed by atoms with Gasteiger partial charge in [0.25, 0.3) is 0 Å². The number of carbonyl (C=O) groups excluding carboxylic acids is 1. The number of carboxylic acids is 1. The van der Waals surface area contributed by atoms with Gasteiger partial charge in [0, 0.05) is 5.69 Å². The highest BCUT2D eigenvalue weighted by Crippen LogP contribution is 2.52. The van der Waals surface area contributed by atoms with Crippen molar-refractivity contribution in [2.75, 3.05) is 5.32 Å². The van der Waals surface area contributed by atoms with E-state index in [9.17, 15) is 19.1 Å². The summed E-state index contributed by atoms with van der Waals surface area (Å²) in [5.41, 5.74) is 0.503. The summed E-state index contributed by atoms with van der Waals surface area (Å²) in [7, 11) is 0. The molecule has 2 N–H and O–H groups in total. The van der Waals surface area contributed by atoms with E-state index in [4.69, 9.17) is 0 Å². The van der Waals surface area contributed by atoms with Crippen molar-refractivity contribution in [2.45, 2.75) is 19.3 Å². The smallest absolute Gasteiger partial charge is 0.307 e. The Bertz CT molecular complexity index is 543. The second kappa shape index (κ2) is 4.89. The van der Waals surface area contributed by atoms with Crippen LogP contribution >= 0.6 is 0 Å². The SMILES string of the molecule is O=C(O)[C@@H]1[C@H]2CC[C@@H](C2)[C@@H]1C(=O)Nc1ccc(F)cc1. The van der Waals surface area contributed by atoms with Gasteiger partial charge in [-0.3, -0.25) is 9.59 Å². The number of rotatable bonds is 3. The van der Waals surface area contributed by atoms with Gasteiger partial charge in [0.1, 0.15) is 5.82 Å². The first-order valence-corrected chi connectivity index (χ1v) is 6.85. The van der Waals surface area contributed by atoms with Crippen molar-refractivity contribution in [1.82, 2.24) is 0 Å². The summed E-state index contributed by atoms with van der Waals surface area (Å²) < 4.78 is 12.8. The molecule has 4 nitrogen and oxygen atoms in total. The predicted octanol–water partition coefficient (Wildman–Crippen LogP) is 2.51. The molecule has 0 aromatic heterocycles. The van der Waals surface area contributed by atoms with Crippen molar-refractivity contribution < 1.29 is 19.1 Å². The van der Waals surface area contributed by atoms with Crippen molar-refractivity contribution in [3.63, 3.8) is 0 Å². The number of benzene rings is 1. The highest BCUT2D eigenvalue weighted by Gasteiger charge is 2.53. The quantitative estimate of drug-likeness (QED) is 0.892. The fourth-order valence-corrected chi connectivity index (χ4v) is 3.78. The molecule has 2 fully saturated rings. The second-order valence-electron chi connectivity index (χ2n) is 5.72. The number of carbonyl (C=O) groups is 2. The minimum absolute atomic E-state index is 0.126. The lowest BCUT2D eigenvalue weighted by Gasteiger charge is -2.27. The van der Waals surface area contributed by atoms with Crippen LogP contribution in [0.4, 0.5) is 10.1 Å².